The largest absolute Gasteiger partial charge is 0.393 e. The van der Waals surface area contributed by atoms with Gasteiger partial charge in [0.1, 0.15) is 0 Å². The number of aliphatic hydroxyl groups excluding tert-OH is 5. The molecule has 3 aromatic carbocycles. The van der Waals surface area contributed by atoms with Crippen LogP contribution in [0.5, 0.6) is 0 Å². The van der Waals surface area contributed by atoms with E-state index in [-0.39, 0.29) is 102 Å². The van der Waals surface area contributed by atoms with E-state index in [0.29, 0.717) is 119 Å². The van der Waals surface area contributed by atoms with Gasteiger partial charge in [0.15, 0.2) is 0 Å². The minimum atomic E-state index is -4.00. The highest BCUT2D eigenvalue weighted by molar-refractivity contribution is 7.90. The number of primary sulfonamides is 1. The van der Waals surface area contributed by atoms with Crippen LogP contribution >= 0.6 is 0 Å². The first-order valence-corrected chi connectivity index (χ1v) is 58.3. The van der Waals surface area contributed by atoms with Gasteiger partial charge in [0.2, 0.25) is 16.1 Å². The highest BCUT2D eigenvalue weighted by atomic mass is 32.2. The van der Waals surface area contributed by atoms with Crippen molar-refractivity contribution in [3.05, 3.63) is 72.8 Å². The number of carbonyl (C=O) groups is 2. The smallest absolute Gasteiger partial charge is 0.328 e. The van der Waals surface area contributed by atoms with Gasteiger partial charge in [-0.2, -0.15) is 0 Å². The molecule has 3 heterocycles. The normalized spacial score (nSPS) is 40.4. The predicted molar refractivity (Wildman–Crippen MR) is 535 cm³/mol. The number of amides is 4. The third kappa shape index (κ3) is 20.7. The van der Waals surface area contributed by atoms with Gasteiger partial charge >= 0.3 is 12.1 Å². The quantitative estimate of drug-likeness (QED) is 0.0371. The van der Waals surface area contributed by atoms with E-state index in [2.05, 4.69) is 130 Å². The molecule has 0 radical (unpaired) electrons. The maximum absolute atomic E-state index is 13.1. The van der Waals surface area contributed by atoms with Crippen molar-refractivity contribution in [2.24, 2.45) is 173 Å². The number of benzene rings is 3. The average molecular weight is 1930 g/mol. The maximum atomic E-state index is 13.1. The zero-order chi connectivity index (χ0) is 96.9. The molecule has 135 heavy (non-hydrogen) atoms. The summed E-state index contributed by atoms with van der Waals surface area (Å²) in [6.07, 6.45) is 37.3. The first-order chi connectivity index (χ1) is 64.1. The second-order valence-corrected chi connectivity index (χ2v) is 52.9. The van der Waals surface area contributed by atoms with Crippen LogP contribution in [0, 0.1) is 163 Å². The number of aliphatic imine (C=N–C) groups is 1. The lowest BCUT2D eigenvalue weighted by molar-refractivity contribution is -0.203. The van der Waals surface area contributed by atoms with Crippen molar-refractivity contribution in [3.63, 3.8) is 0 Å². The SMILES string of the molecule is CC[C@H]1[C@@H](O)[C@@H]2[C@H](CC[C@]3(C)C(C(C)CNC(=O)NS(=O)(=O)c4cccc(N5CCCCC5)c4)CC[C@@H]23)[C@@]2(C)CC[C@@H](O)C[C@@H]12.CC[C@H]1[C@@H](O)[C@@H]2[C@H](CC[C@]3(C)[C@@H]([C@H](C)CN=C=O)CC[C@@H]23)[C@@]2(C)CC[C@@H](C)C[C@@H]12.CC[C@H]1[C@@H](O)[C@@H]2[C@H](CC[C@]3(C)[C@@H]([C@H](C)CNC(=O)NS(=O)(=O)c4cccc(N5CCCCC5)c4)CC[C@@H]23)[C@@]2(C)CC[C@@H](O)C[C@@H]12.NS(=O)(=O)c1cccc(N2CCCCC2)c1. The zero-order valence-electron chi connectivity index (χ0n) is 84.2. The van der Waals surface area contributed by atoms with Crippen molar-refractivity contribution in [1.29, 1.82) is 0 Å². The molecule has 11 N–H and O–H groups in total. The molecule has 0 spiro atoms. The van der Waals surface area contributed by atoms with Crippen LogP contribution in [0.15, 0.2) is 92.5 Å². The molecular formula is C109H173N9O14S3. The van der Waals surface area contributed by atoms with Gasteiger partial charge in [-0.25, -0.2) is 59.2 Å². The van der Waals surface area contributed by atoms with E-state index >= 15 is 0 Å². The van der Waals surface area contributed by atoms with E-state index in [4.69, 9.17) is 5.14 Å². The molecule has 0 aromatic heterocycles. The van der Waals surface area contributed by atoms with E-state index < -0.39 is 42.1 Å². The van der Waals surface area contributed by atoms with Crippen LogP contribution < -0.4 is 39.9 Å². The summed E-state index contributed by atoms with van der Waals surface area (Å²) in [5, 5.41) is 67.7. The fourth-order valence-electron chi connectivity index (χ4n) is 34.6. The minimum Gasteiger partial charge on any atom is -0.393 e. The Balaban J connectivity index is 0.000000145. The third-order valence-corrected chi connectivity index (χ3v) is 44.9. The van der Waals surface area contributed by atoms with E-state index in [1.54, 1.807) is 54.6 Å². The molecule has 756 valence electrons. The standard InChI is InChI=1S/2C36H57N3O5S.C26H43NO2.C11H16N2O2S/c2*1-5-27-31-21-25(40)14-16-36(31,4)30-15-17-35(3)28(12-13-29(35)32(30)33(27)41)23(2)22-37-34(42)38-45(43,44)26-11-9-10-24(20-26)39-18-7-6-8-19-39;1-6-18-22-13-16(2)9-11-26(22,5)21-10-12-25(4)19(17(3)14-27-15-28)7-8-20(25)23(21)24(18)29;12-16(14,15)11-6-4-5-10(9-11)13-7-2-1-3-8-13/h2*9-11,20,23,25,27-33,40-41H,5-8,12-19,21-22H2,1-4H3,(H2,37,38,42);16-24,29H,6-14H2,1-5H3;4-6,9H,1-3,7-8H2,(H2,12,14,15)/t23?,25-,27-,28?,29+,30+,31+,32+,33-,35-,36-;23-,25-,27-,28-,29+,30+,31+,32+,33-,35-,36-;16-,17-,18-,19-,20+,21+,22+,23+,24-,25-,26-;/m111./s1. The minimum absolute atomic E-state index is 0.0797. The van der Waals surface area contributed by atoms with E-state index in [9.17, 15) is 65.2 Å². The molecule has 2 unspecified atom stereocenters. The number of urea groups is 2. The molecule has 23 nitrogen and oxygen atoms in total. The van der Waals surface area contributed by atoms with Gasteiger partial charge in [-0.05, 0) is 403 Å². The molecule has 18 rings (SSSR count). The number of hydrogen-bond acceptors (Lipinski definition) is 18. The van der Waals surface area contributed by atoms with Gasteiger partial charge in [-0.1, -0.05) is 134 Å². The molecule has 26 heteroatoms. The second-order valence-electron chi connectivity index (χ2n) is 48.0. The van der Waals surface area contributed by atoms with Gasteiger partial charge in [0.05, 0.1) is 51.8 Å². The van der Waals surface area contributed by atoms with Crippen LogP contribution in [-0.4, -0.2) is 158 Å². The predicted octanol–water partition coefficient (Wildman–Crippen LogP) is 19.0. The monoisotopic (exact) mass is 1930 g/mol. The van der Waals surface area contributed by atoms with E-state index in [1.807, 2.05) is 18.2 Å². The fourth-order valence-corrected chi connectivity index (χ4v) is 37.0. The molecule has 0 bridgehead atoms. The van der Waals surface area contributed by atoms with Gasteiger partial charge in [0.25, 0.3) is 20.0 Å². The Morgan fingerprint density at radius 3 is 1.05 bits per heavy atom. The summed E-state index contributed by atoms with van der Waals surface area (Å²) < 4.78 is 79.6. The van der Waals surface area contributed by atoms with Gasteiger partial charge in [-0.3, -0.25) is 0 Å². The number of hydrogen-bond donors (Lipinski definition) is 10. The zero-order valence-corrected chi connectivity index (χ0v) is 86.7. The number of nitrogens with two attached hydrogens (primary N) is 1. The molecule has 3 saturated heterocycles. The van der Waals surface area contributed by atoms with Gasteiger partial charge in [0, 0.05) is 69.4 Å². The summed E-state index contributed by atoms with van der Waals surface area (Å²) in [6.45, 7) is 37.8. The van der Waals surface area contributed by atoms with Crippen molar-refractivity contribution in [2.45, 2.75) is 347 Å². The number of fused-ring (bicyclic) bond motifs is 15. The molecule has 3 aromatic rings. The average Bonchev–Trinajstić information content (AvgIpc) is 1.67. The number of sulfonamides is 3. The summed E-state index contributed by atoms with van der Waals surface area (Å²) in [6, 6.07) is 19.3. The number of rotatable bonds is 20. The van der Waals surface area contributed by atoms with Crippen molar-refractivity contribution in [2.75, 3.05) is 73.6 Å². The van der Waals surface area contributed by atoms with Crippen LogP contribution in [-0.2, 0) is 34.9 Å². The topological polar surface area (TPSA) is 351 Å². The third-order valence-electron chi connectivity index (χ3n) is 41.4. The Hall–Kier alpha value is -5.41. The Morgan fingerprint density at radius 1 is 0.415 bits per heavy atom. The van der Waals surface area contributed by atoms with E-state index in [0.717, 1.165) is 197 Å². The number of carbonyl (C=O) groups excluding carboxylic acids is 3. The van der Waals surface area contributed by atoms with Crippen molar-refractivity contribution in [1.82, 2.24) is 20.1 Å². The van der Waals surface area contributed by atoms with Crippen LogP contribution in [0.4, 0.5) is 26.7 Å². The first kappa shape index (κ1) is 104. The molecule has 33 atom stereocenters. The molecule has 15 fully saturated rings. The summed E-state index contributed by atoms with van der Waals surface area (Å²) in [5.74, 6) is 9.67. The van der Waals surface area contributed by atoms with E-state index in [1.165, 1.54) is 83.1 Å². The number of isocyanates is 1. The highest BCUT2D eigenvalue weighted by Gasteiger charge is 2.69. The fraction of sp³-hybridized carbons (Fsp3) is 0.807. The van der Waals surface area contributed by atoms with Gasteiger partial charge < -0.3 is 50.9 Å². The van der Waals surface area contributed by atoms with Crippen LogP contribution in [0.3, 0.4) is 0 Å². The molecular weight excluding hydrogens is 1760 g/mol. The summed E-state index contributed by atoms with van der Waals surface area (Å²) >= 11 is 0. The summed E-state index contributed by atoms with van der Waals surface area (Å²) in [4.78, 5) is 47.5. The second kappa shape index (κ2) is 42.3. The van der Waals surface area contributed by atoms with Gasteiger partial charge in [-0.15, -0.1) is 0 Å². The lowest BCUT2D eigenvalue weighted by Gasteiger charge is -2.65. The number of aliphatic hydroxyl groups is 5. The number of piperidine rings is 3. The number of nitrogens with one attached hydrogen (secondary N) is 4. The Labute approximate surface area is 811 Å². The molecule has 12 aliphatic carbocycles. The molecule has 3 aliphatic heterocycles. The van der Waals surface area contributed by atoms with Crippen molar-refractivity contribution >= 4 is 65.3 Å². The molecule has 4 amide bonds. The molecule has 15 aliphatic rings. The Kier molecular flexibility index (Phi) is 32.5. The van der Waals surface area contributed by atoms with Crippen LogP contribution in [0.2, 0.25) is 0 Å². The lowest BCUT2D eigenvalue weighted by Crippen LogP contribution is -2.62. The van der Waals surface area contributed by atoms with Crippen LogP contribution in [0.1, 0.15) is 302 Å². The Morgan fingerprint density at radius 2 is 0.719 bits per heavy atom. The summed E-state index contributed by atoms with van der Waals surface area (Å²) in [5.41, 5.74) is 3.93. The summed E-state index contributed by atoms with van der Waals surface area (Å²) in [7, 11) is -11.6. The van der Waals surface area contributed by atoms with Crippen molar-refractivity contribution in [3.8, 4) is 0 Å². The highest BCUT2D eigenvalue weighted by Crippen LogP contribution is 2.74. The Bertz CT molecular complexity index is 4750. The number of nitrogens with zero attached hydrogens (tertiary/aromatic N) is 4. The molecule has 12 saturated carbocycles. The number of anilines is 3. The van der Waals surface area contributed by atoms with Crippen molar-refractivity contribution < 1.29 is 65.2 Å². The lowest BCUT2D eigenvalue weighted by atomic mass is 9.41. The van der Waals surface area contributed by atoms with Crippen LogP contribution in [0.25, 0.3) is 0 Å². The maximum Gasteiger partial charge on any atom is 0.328 e. The first-order valence-electron chi connectivity index (χ1n) is 53.8.